The summed E-state index contributed by atoms with van der Waals surface area (Å²) in [5, 5.41) is 12.5. The summed E-state index contributed by atoms with van der Waals surface area (Å²) in [5.41, 5.74) is 3.65. The van der Waals surface area contributed by atoms with E-state index < -0.39 is 0 Å². The normalized spacial score (nSPS) is 15.5. The molecule has 0 aromatic heterocycles. The molecule has 132 valence electrons. The molecule has 0 saturated carbocycles. The van der Waals surface area contributed by atoms with Crippen molar-refractivity contribution in [3.8, 4) is 11.8 Å². The SMILES string of the molecule is COc1ccc(N2C(=O)c3ccccc3N[C@@H]2c2ccc(C#N)cc2)cc1. The predicted molar refractivity (Wildman–Crippen MR) is 104 cm³/mol. The molecule has 1 amide bonds. The second kappa shape index (κ2) is 6.85. The summed E-state index contributed by atoms with van der Waals surface area (Å²) in [6, 6.07) is 24.2. The van der Waals surface area contributed by atoms with Crippen LogP contribution in [0.1, 0.15) is 27.7 Å². The van der Waals surface area contributed by atoms with Crippen LogP contribution in [0.25, 0.3) is 0 Å². The maximum absolute atomic E-state index is 13.3. The molecule has 5 nitrogen and oxygen atoms in total. The second-order valence-corrected chi connectivity index (χ2v) is 6.20. The van der Waals surface area contributed by atoms with E-state index in [0.29, 0.717) is 11.1 Å². The number of carbonyl (C=O) groups is 1. The number of amides is 1. The van der Waals surface area contributed by atoms with Crippen molar-refractivity contribution < 1.29 is 9.53 Å². The summed E-state index contributed by atoms with van der Waals surface area (Å²) in [6.07, 6.45) is -0.381. The molecule has 1 aliphatic rings. The number of fused-ring (bicyclic) bond motifs is 1. The molecule has 0 unspecified atom stereocenters. The molecule has 4 rings (SSSR count). The van der Waals surface area contributed by atoms with Crippen molar-refractivity contribution in [3.63, 3.8) is 0 Å². The van der Waals surface area contributed by atoms with Gasteiger partial charge in [-0.1, -0.05) is 24.3 Å². The number of methoxy groups -OCH3 is 1. The van der Waals surface area contributed by atoms with Crippen LogP contribution in [0, 0.1) is 11.3 Å². The maximum atomic E-state index is 13.3. The van der Waals surface area contributed by atoms with Gasteiger partial charge in [-0.25, -0.2) is 0 Å². The van der Waals surface area contributed by atoms with E-state index in [1.807, 2.05) is 60.7 Å². The van der Waals surface area contributed by atoms with Gasteiger partial charge in [-0.15, -0.1) is 0 Å². The number of para-hydroxylation sites is 1. The van der Waals surface area contributed by atoms with E-state index >= 15 is 0 Å². The average molecular weight is 355 g/mol. The van der Waals surface area contributed by atoms with Crippen LogP contribution in [-0.4, -0.2) is 13.0 Å². The first-order chi connectivity index (χ1) is 13.2. The molecule has 5 heteroatoms. The van der Waals surface area contributed by atoms with E-state index in [1.165, 1.54) is 0 Å². The Morgan fingerprint density at radius 1 is 1.00 bits per heavy atom. The molecule has 3 aromatic carbocycles. The molecular formula is C22H17N3O2. The molecule has 0 aliphatic carbocycles. The van der Waals surface area contributed by atoms with E-state index in [2.05, 4.69) is 11.4 Å². The Morgan fingerprint density at radius 2 is 1.70 bits per heavy atom. The summed E-state index contributed by atoms with van der Waals surface area (Å²) < 4.78 is 5.23. The Morgan fingerprint density at radius 3 is 2.37 bits per heavy atom. The number of carbonyl (C=O) groups excluding carboxylic acids is 1. The van der Waals surface area contributed by atoms with Crippen molar-refractivity contribution in [2.75, 3.05) is 17.3 Å². The fourth-order valence-corrected chi connectivity index (χ4v) is 3.24. The molecule has 0 saturated heterocycles. The van der Waals surface area contributed by atoms with Crippen LogP contribution >= 0.6 is 0 Å². The minimum absolute atomic E-state index is 0.0797. The Hall–Kier alpha value is -3.78. The van der Waals surface area contributed by atoms with Crippen molar-refractivity contribution in [3.05, 3.63) is 89.5 Å². The van der Waals surface area contributed by atoms with Crippen LogP contribution in [-0.2, 0) is 0 Å². The molecule has 1 N–H and O–H groups in total. The van der Waals surface area contributed by atoms with Gasteiger partial charge in [-0.3, -0.25) is 9.69 Å². The highest BCUT2D eigenvalue weighted by atomic mass is 16.5. The highest BCUT2D eigenvalue weighted by Crippen LogP contribution is 2.37. The van der Waals surface area contributed by atoms with E-state index in [1.54, 1.807) is 24.1 Å². The van der Waals surface area contributed by atoms with Crippen molar-refractivity contribution in [2.45, 2.75) is 6.17 Å². The zero-order valence-corrected chi connectivity index (χ0v) is 14.7. The Labute approximate surface area is 157 Å². The van der Waals surface area contributed by atoms with Gasteiger partial charge < -0.3 is 10.1 Å². The van der Waals surface area contributed by atoms with Gasteiger partial charge in [-0.2, -0.15) is 5.26 Å². The third-order valence-corrected chi connectivity index (χ3v) is 4.63. The number of ether oxygens (including phenoxy) is 1. The minimum atomic E-state index is -0.381. The van der Waals surface area contributed by atoms with Gasteiger partial charge in [0.15, 0.2) is 0 Å². The van der Waals surface area contributed by atoms with Gasteiger partial charge in [0.2, 0.25) is 0 Å². The Kier molecular flexibility index (Phi) is 4.23. The first-order valence-corrected chi connectivity index (χ1v) is 8.54. The van der Waals surface area contributed by atoms with Crippen molar-refractivity contribution in [1.29, 1.82) is 5.26 Å². The lowest BCUT2D eigenvalue weighted by Gasteiger charge is -2.38. The summed E-state index contributed by atoms with van der Waals surface area (Å²) in [6.45, 7) is 0. The van der Waals surface area contributed by atoms with Crippen molar-refractivity contribution in [2.24, 2.45) is 0 Å². The fraction of sp³-hybridized carbons (Fsp3) is 0.0909. The van der Waals surface area contributed by atoms with Gasteiger partial charge in [0.1, 0.15) is 11.9 Å². The lowest BCUT2D eigenvalue weighted by molar-refractivity contribution is 0.0975. The number of nitrogens with zero attached hydrogens (tertiary/aromatic N) is 2. The molecule has 1 atom stereocenters. The molecule has 27 heavy (non-hydrogen) atoms. The van der Waals surface area contributed by atoms with Gasteiger partial charge >= 0.3 is 0 Å². The quantitative estimate of drug-likeness (QED) is 0.759. The smallest absolute Gasteiger partial charge is 0.262 e. The molecule has 1 aliphatic heterocycles. The third-order valence-electron chi connectivity index (χ3n) is 4.63. The topological polar surface area (TPSA) is 65.4 Å². The molecule has 0 bridgehead atoms. The summed E-state index contributed by atoms with van der Waals surface area (Å²) in [7, 11) is 1.61. The Balaban J connectivity index is 1.82. The summed E-state index contributed by atoms with van der Waals surface area (Å²) in [5.74, 6) is 0.648. The first kappa shape index (κ1) is 16.7. The van der Waals surface area contributed by atoms with Crippen LogP contribution < -0.4 is 15.0 Å². The highest BCUT2D eigenvalue weighted by molar-refractivity contribution is 6.12. The standard InChI is InChI=1S/C22H17N3O2/c1-27-18-12-10-17(11-13-18)25-21(16-8-6-15(14-23)7-9-16)24-20-5-3-2-4-19(20)22(25)26/h2-13,21,24H,1H3/t21-/m0/s1. The molecule has 3 aromatic rings. The van der Waals surface area contributed by atoms with E-state index in [4.69, 9.17) is 10.00 Å². The third kappa shape index (κ3) is 2.98. The largest absolute Gasteiger partial charge is 0.497 e. The van der Waals surface area contributed by atoms with Gasteiger partial charge in [-0.05, 0) is 54.1 Å². The molecular weight excluding hydrogens is 338 g/mol. The van der Waals surface area contributed by atoms with Gasteiger partial charge in [0.25, 0.3) is 5.91 Å². The first-order valence-electron chi connectivity index (χ1n) is 8.54. The van der Waals surface area contributed by atoms with Crippen LogP contribution in [0.5, 0.6) is 5.75 Å². The van der Waals surface area contributed by atoms with E-state index in [0.717, 1.165) is 22.7 Å². The number of hydrogen-bond donors (Lipinski definition) is 1. The second-order valence-electron chi connectivity index (χ2n) is 6.20. The van der Waals surface area contributed by atoms with Crippen LogP contribution in [0.4, 0.5) is 11.4 Å². The number of nitrogens with one attached hydrogen (secondary N) is 1. The molecule has 1 heterocycles. The van der Waals surface area contributed by atoms with Crippen LogP contribution in [0.2, 0.25) is 0 Å². The molecule has 0 radical (unpaired) electrons. The highest BCUT2D eigenvalue weighted by Gasteiger charge is 2.33. The lowest BCUT2D eigenvalue weighted by atomic mass is 10.0. The summed E-state index contributed by atoms with van der Waals surface area (Å²) >= 11 is 0. The monoisotopic (exact) mass is 355 g/mol. The number of hydrogen-bond acceptors (Lipinski definition) is 4. The van der Waals surface area contributed by atoms with Crippen molar-refractivity contribution >= 4 is 17.3 Å². The maximum Gasteiger partial charge on any atom is 0.262 e. The van der Waals surface area contributed by atoms with Crippen LogP contribution in [0.15, 0.2) is 72.8 Å². The predicted octanol–water partition coefficient (Wildman–Crippen LogP) is 4.34. The minimum Gasteiger partial charge on any atom is -0.497 e. The lowest BCUT2D eigenvalue weighted by Crippen LogP contribution is -2.43. The fourth-order valence-electron chi connectivity index (χ4n) is 3.24. The zero-order chi connectivity index (χ0) is 18.8. The summed E-state index contributed by atoms with van der Waals surface area (Å²) in [4.78, 5) is 15.0. The van der Waals surface area contributed by atoms with E-state index in [-0.39, 0.29) is 12.1 Å². The van der Waals surface area contributed by atoms with Crippen molar-refractivity contribution in [1.82, 2.24) is 0 Å². The number of benzene rings is 3. The van der Waals surface area contributed by atoms with Crippen LogP contribution in [0.3, 0.4) is 0 Å². The average Bonchev–Trinajstić information content (AvgIpc) is 2.74. The number of anilines is 2. The molecule has 0 fully saturated rings. The number of nitriles is 1. The van der Waals surface area contributed by atoms with E-state index in [9.17, 15) is 4.79 Å². The zero-order valence-electron chi connectivity index (χ0n) is 14.7. The van der Waals surface area contributed by atoms with Gasteiger partial charge in [0.05, 0.1) is 24.3 Å². The Bertz CT molecular complexity index is 1020. The van der Waals surface area contributed by atoms with Gasteiger partial charge in [0, 0.05) is 11.4 Å². The number of rotatable bonds is 3. The molecule has 0 spiro atoms.